The average molecular weight is 248 g/mol. The van der Waals surface area contributed by atoms with E-state index in [4.69, 9.17) is 0 Å². The van der Waals surface area contributed by atoms with Gasteiger partial charge in [-0.2, -0.15) is 0 Å². The quantitative estimate of drug-likeness (QED) is 0.734. The van der Waals surface area contributed by atoms with E-state index in [2.05, 4.69) is 19.1 Å². The number of carbonyl (C=O) groups excluding carboxylic acids is 1. The Morgan fingerprint density at radius 1 is 1.35 bits per heavy atom. The van der Waals surface area contributed by atoms with Crippen LogP contribution in [-0.4, -0.2) is 11.5 Å². The van der Waals surface area contributed by atoms with Crippen LogP contribution in [0, 0.1) is 12.8 Å². The highest BCUT2D eigenvalue weighted by Crippen LogP contribution is 2.36. The Hall–Kier alpha value is -0.760. The number of rotatable bonds is 3. The molecule has 2 rings (SSSR count). The lowest BCUT2D eigenvalue weighted by Crippen LogP contribution is -2.14. The van der Waals surface area contributed by atoms with Crippen molar-refractivity contribution in [2.45, 2.75) is 49.7 Å². The highest BCUT2D eigenvalue weighted by atomic mass is 32.2. The Bertz CT molecular complexity index is 400. The number of thioether (sulfide) groups is 1. The second-order valence-electron chi connectivity index (χ2n) is 5.15. The van der Waals surface area contributed by atoms with Crippen molar-refractivity contribution in [1.82, 2.24) is 0 Å². The summed E-state index contributed by atoms with van der Waals surface area (Å²) in [6, 6.07) is 6.17. The Morgan fingerprint density at radius 3 is 2.82 bits per heavy atom. The molecule has 0 aromatic heterocycles. The third-order valence-corrected chi connectivity index (χ3v) is 4.85. The first-order valence-corrected chi connectivity index (χ1v) is 7.29. The first kappa shape index (κ1) is 12.7. The Labute approximate surface area is 108 Å². The van der Waals surface area contributed by atoms with Gasteiger partial charge in [-0.1, -0.05) is 25.8 Å². The van der Waals surface area contributed by atoms with Crippen molar-refractivity contribution in [2.24, 2.45) is 5.92 Å². The van der Waals surface area contributed by atoms with Gasteiger partial charge in [-0.25, -0.2) is 0 Å². The van der Waals surface area contributed by atoms with Gasteiger partial charge in [0.1, 0.15) is 6.29 Å². The van der Waals surface area contributed by atoms with Crippen molar-refractivity contribution in [2.75, 3.05) is 0 Å². The topological polar surface area (TPSA) is 17.1 Å². The second kappa shape index (κ2) is 5.72. The van der Waals surface area contributed by atoms with Crippen LogP contribution in [0.2, 0.25) is 0 Å². The molecule has 2 unspecified atom stereocenters. The normalized spacial score (nSPS) is 24.6. The molecule has 0 radical (unpaired) electrons. The number of carbonyl (C=O) groups is 1. The van der Waals surface area contributed by atoms with E-state index in [0.717, 1.165) is 28.6 Å². The van der Waals surface area contributed by atoms with Crippen molar-refractivity contribution in [3.63, 3.8) is 0 Å². The molecule has 1 aromatic carbocycles. The number of aldehydes is 1. The van der Waals surface area contributed by atoms with E-state index in [1.165, 1.54) is 30.6 Å². The third-order valence-electron chi connectivity index (χ3n) is 3.56. The average Bonchev–Trinajstić information content (AvgIpc) is 2.29. The molecule has 1 fully saturated rings. The van der Waals surface area contributed by atoms with Crippen LogP contribution in [0.4, 0.5) is 0 Å². The van der Waals surface area contributed by atoms with Crippen LogP contribution in [0.5, 0.6) is 0 Å². The van der Waals surface area contributed by atoms with Crippen molar-refractivity contribution in [3.05, 3.63) is 29.3 Å². The van der Waals surface area contributed by atoms with Crippen molar-refractivity contribution in [3.8, 4) is 0 Å². The van der Waals surface area contributed by atoms with Gasteiger partial charge in [0, 0.05) is 15.7 Å². The minimum atomic E-state index is 0.764. The summed E-state index contributed by atoms with van der Waals surface area (Å²) in [5.74, 6) is 0.872. The van der Waals surface area contributed by atoms with Gasteiger partial charge in [-0.05, 0) is 43.4 Å². The van der Waals surface area contributed by atoms with Crippen LogP contribution >= 0.6 is 11.8 Å². The molecule has 0 saturated heterocycles. The fourth-order valence-electron chi connectivity index (χ4n) is 2.53. The molecule has 0 aliphatic heterocycles. The number of benzene rings is 1. The Balaban J connectivity index is 2.03. The van der Waals surface area contributed by atoms with Crippen LogP contribution in [0.15, 0.2) is 23.1 Å². The number of hydrogen-bond donors (Lipinski definition) is 0. The van der Waals surface area contributed by atoms with E-state index in [0.29, 0.717) is 0 Å². The van der Waals surface area contributed by atoms with E-state index in [9.17, 15) is 4.79 Å². The van der Waals surface area contributed by atoms with Gasteiger partial charge in [-0.3, -0.25) is 4.79 Å². The maximum Gasteiger partial charge on any atom is 0.150 e. The maximum absolute atomic E-state index is 10.8. The summed E-state index contributed by atoms with van der Waals surface area (Å²) in [6.07, 6.45) is 6.36. The van der Waals surface area contributed by atoms with Gasteiger partial charge in [0.2, 0.25) is 0 Å². The predicted molar refractivity (Wildman–Crippen MR) is 73.8 cm³/mol. The van der Waals surface area contributed by atoms with Gasteiger partial charge >= 0.3 is 0 Å². The molecule has 1 aromatic rings. The van der Waals surface area contributed by atoms with Gasteiger partial charge in [0.25, 0.3) is 0 Å². The molecule has 1 saturated carbocycles. The highest BCUT2D eigenvalue weighted by molar-refractivity contribution is 8.00. The maximum atomic E-state index is 10.8. The third kappa shape index (κ3) is 3.35. The standard InChI is InChI=1S/C15H20OS/c1-11-4-3-5-14(8-11)17-15-7-6-13(10-16)12(2)9-15/h6-7,9-11,14H,3-5,8H2,1-2H3. The van der Waals surface area contributed by atoms with E-state index in [1.54, 1.807) is 0 Å². The molecular formula is C15H20OS. The lowest BCUT2D eigenvalue weighted by atomic mass is 9.91. The molecule has 0 heterocycles. The second-order valence-corrected chi connectivity index (χ2v) is 6.52. The van der Waals surface area contributed by atoms with Crippen LogP contribution in [0.3, 0.4) is 0 Å². The summed E-state index contributed by atoms with van der Waals surface area (Å²) < 4.78 is 0. The largest absolute Gasteiger partial charge is 0.298 e. The van der Waals surface area contributed by atoms with Crippen LogP contribution < -0.4 is 0 Å². The van der Waals surface area contributed by atoms with Crippen molar-refractivity contribution in [1.29, 1.82) is 0 Å². The van der Waals surface area contributed by atoms with Gasteiger partial charge in [0.05, 0.1) is 0 Å². The highest BCUT2D eigenvalue weighted by Gasteiger charge is 2.19. The van der Waals surface area contributed by atoms with Crippen LogP contribution in [-0.2, 0) is 0 Å². The Kier molecular flexibility index (Phi) is 4.27. The number of aryl methyl sites for hydroxylation is 1. The zero-order valence-corrected chi connectivity index (χ0v) is 11.4. The van der Waals surface area contributed by atoms with Gasteiger partial charge in [-0.15, -0.1) is 11.8 Å². The summed E-state index contributed by atoms with van der Waals surface area (Å²) in [4.78, 5) is 12.1. The van der Waals surface area contributed by atoms with E-state index in [-0.39, 0.29) is 0 Å². The molecule has 0 amide bonds. The van der Waals surface area contributed by atoms with E-state index >= 15 is 0 Å². The first-order valence-electron chi connectivity index (χ1n) is 6.41. The van der Waals surface area contributed by atoms with E-state index < -0.39 is 0 Å². The Morgan fingerprint density at radius 2 is 2.18 bits per heavy atom. The minimum Gasteiger partial charge on any atom is -0.298 e. The fraction of sp³-hybridized carbons (Fsp3) is 0.533. The zero-order chi connectivity index (χ0) is 12.3. The van der Waals surface area contributed by atoms with Crippen molar-refractivity contribution >= 4 is 18.0 Å². The zero-order valence-electron chi connectivity index (χ0n) is 10.6. The molecule has 1 nitrogen and oxygen atoms in total. The van der Waals surface area contributed by atoms with Crippen molar-refractivity contribution < 1.29 is 4.79 Å². The SMILES string of the molecule is Cc1cc(SC2CCCC(C)C2)ccc1C=O. The smallest absolute Gasteiger partial charge is 0.150 e. The number of hydrogen-bond acceptors (Lipinski definition) is 2. The van der Waals surface area contributed by atoms with Gasteiger partial charge < -0.3 is 0 Å². The summed E-state index contributed by atoms with van der Waals surface area (Å²) in [5, 5.41) is 0.764. The molecule has 2 atom stereocenters. The summed E-state index contributed by atoms with van der Waals surface area (Å²) in [5.41, 5.74) is 1.90. The summed E-state index contributed by atoms with van der Waals surface area (Å²) in [6.45, 7) is 4.37. The monoisotopic (exact) mass is 248 g/mol. The molecular weight excluding hydrogens is 228 g/mol. The predicted octanol–water partition coefficient (Wildman–Crippen LogP) is 4.48. The molecule has 92 valence electrons. The molecule has 2 heteroatoms. The first-order chi connectivity index (χ1) is 8.19. The molecule has 0 N–H and O–H groups in total. The molecule has 17 heavy (non-hydrogen) atoms. The summed E-state index contributed by atoms with van der Waals surface area (Å²) in [7, 11) is 0. The van der Waals surface area contributed by atoms with Crippen LogP contribution in [0.25, 0.3) is 0 Å². The fourth-order valence-corrected chi connectivity index (χ4v) is 4.02. The lowest BCUT2D eigenvalue weighted by Gasteiger charge is -2.26. The van der Waals surface area contributed by atoms with Gasteiger partial charge in [0.15, 0.2) is 0 Å². The molecule has 0 bridgehead atoms. The molecule has 1 aliphatic rings. The lowest BCUT2D eigenvalue weighted by molar-refractivity contribution is 0.112. The molecule has 1 aliphatic carbocycles. The van der Waals surface area contributed by atoms with Crippen LogP contribution in [0.1, 0.15) is 48.5 Å². The minimum absolute atomic E-state index is 0.764. The summed E-state index contributed by atoms with van der Waals surface area (Å²) >= 11 is 1.99. The molecule has 0 spiro atoms. The van der Waals surface area contributed by atoms with E-state index in [1.807, 2.05) is 24.8 Å².